The highest BCUT2D eigenvalue weighted by Crippen LogP contribution is 2.19. The van der Waals surface area contributed by atoms with Crippen LogP contribution >= 0.6 is 11.6 Å². The third kappa shape index (κ3) is 1.27. The van der Waals surface area contributed by atoms with Crippen LogP contribution in [0.25, 0.3) is 0 Å². The number of hydrogen-bond acceptors (Lipinski definition) is 0. The number of rotatable bonds is 0. The Bertz CT molecular complexity index is 235. The summed E-state index contributed by atoms with van der Waals surface area (Å²) in [5.74, 6) is -1.31. The average Bonchev–Trinajstić information content (AvgIpc) is 1.82. The fraction of sp³-hybridized carbons (Fsp3) is 0.143. The second-order valence-corrected chi connectivity index (χ2v) is 2.40. The average molecular weight is 163 g/mol. The van der Waals surface area contributed by atoms with Gasteiger partial charge in [-0.25, -0.2) is 8.78 Å². The molecule has 0 spiro atoms. The van der Waals surface area contributed by atoms with E-state index in [0.717, 1.165) is 6.07 Å². The van der Waals surface area contributed by atoms with E-state index < -0.39 is 11.6 Å². The molecule has 1 aromatic rings. The monoisotopic (exact) mass is 162 g/mol. The van der Waals surface area contributed by atoms with Crippen LogP contribution in [0.4, 0.5) is 8.78 Å². The quantitative estimate of drug-likeness (QED) is 0.515. The lowest BCUT2D eigenvalue weighted by atomic mass is 10.2. The Morgan fingerprint density at radius 2 is 1.90 bits per heavy atom. The molecule has 0 aliphatic carbocycles. The van der Waals surface area contributed by atoms with Crippen molar-refractivity contribution in [2.45, 2.75) is 6.92 Å². The van der Waals surface area contributed by atoms with Gasteiger partial charge in [0, 0.05) is 6.07 Å². The number of hydrogen-bond donors (Lipinski definition) is 0. The smallest absolute Gasteiger partial charge is 0.144 e. The van der Waals surface area contributed by atoms with Crippen molar-refractivity contribution in [2.24, 2.45) is 0 Å². The predicted molar refractivity (Wildman–Crippen MR) is 36.1 cm³/mol. The van der Waals surface area contributed by atoms with E-state index in [4.69, 9.17) is 11.6 Å². The summed E-state index contributed by atoms with van der Waals surface area (Å²) in [6.45, 7) is 1.55. The first-order valence-corrected chi connectivity index (χ1v) is 3.10. The molecule has 0 aliphatic heterocycles. The van der Waals surface area contributed by atoms with Gasteiger partial charge in [-0.15, -0.1) is 0 Å². The second-order valence-electron chi connectivity index (χ2n) is 2.02. The lowest BCUT2D eigenvalue weighted by Crippen LogP contribution is -1.84. The fourth-order valence-corrected chi connectivity index (χ4v) is 0.794. The Hall–Kier alpha value is -0.630. The van der Waals surface area contributed by atoms with E-state index in [-0.39, 0.29) is 5.02 Å². The lowest BCUT2D eigenvalue weighted by molar-refractivity contribution is 0.582. The molecule has 1 aromatic carbocycles. The van der Waals surface area contributed by atoms with E-state index in [0.29, 0.717) is 5.56 Å². The maximum Gasteiger partial charge on any atom is 0.144 e. The molecule has 54 valence electrons. The minimum atomic E-state index is -0.709. The topological polar surface area (TPSA) is 0 Å². The van der Waals surface area contributed by atoms with Crippen molar-refractivity contribution < 1.29 is 8.78 Å². The van der Waals surface area contributed by atoms with Gasteiger partial charge >= 0.3 is 0 Å². The maximum atomic E-state index is 12.5. The van der Waals surface area contributed by atoms with Gasteiger partial charge in [0.15, 0.2) is 0 Å². The zero-order valence-electron chi connectivity index (χ0n) is 5.29. The van der Waals surface area contributed by atoms with Gasteiger partial charge in [0.25, 0.3) is 0 Å². The first-order valence-electron chi connectivity index (χ1n) is 2.72. The number of aryl methyl sites for hydroxylation is 1. The highest BCUT2D eigenvalue weighted by Gasteiger charge is 2.03. The van der Waals surface area contributed by atoms with Gasteiger partial charge in [-0.1, -0.05) is 11.6 Å². The number of halogens is 3. The summed E-state index contributed by atoms with van der Waals surface area (Å²) in [5.41, 5.74) is 0.416. The zero-order valence-corrected chi connectivity index (χ0v) is 6.04. The number of benzene rings is 1. The third-order valence-electron chi connectivity index (χ3n) is 1.17. The Labute approximate surface area is 62.4 Å². The van der Waals surface area contributed by atoms with Gasteiger partial charge in [-0.2, -0.15) is 0 Å². The molecule has 1 rings (SSSR count). The van der Waals surface area contributed by atoms with E-state index in [1.165, 1.54) is 6.07 Å². The summed E-state index contributed by atoms with van der Waals surface area (Å²) >= 11 is 5.41. The summed E-state index contributed by atoms with van der Waals surface area (Å²) in [7, 11) is 0. The Kier molecular flexibility index (Phi) is 1.90. The summed E-state index contributed by atoms with van der Waals surface area (Å²) in [6, 6.07) is 1.95. The fourth-order valence-electron chi connectivity index (χ4n) is 0.685. The van der Waals surface area contributed by atoms with Gasteiger partial charge in [0.05, 0.1) is 5.02 Å². The minimum Gasteiger partial charge on any atom is -0.207 e. The molecule has 0 N–H and O–H groups in total. The van der Waals surface area contributed by atoms with Crippen molar-refractivity contribution in [3.8, 4) is 0 Å². The molecular weight excluding hydrogens is 158 g/mol. The van der Waals surface area contributed by atoms with E-state index in [1.54, 1.807) is 6.92 Å². The summed E-state index contributed by atoms with van der Waals surface area (Å²) in [4.78, 5) is 0. The van der Waals surface area contributed by atoms with Gasteiger partial charge in [-0.05, 0) is 18.6 Å². The molecule has 0 saturated heterocycles. The maximum absolute atomic E-state index is 12.5. The molecule has 0 atom stereocenters. The van der Waals surface area contributed by atoms with Crippen molar-refractivity contribution in [2.75, 3.05) is 0 Å². The summed E-state index contributed by atoms with van der Waals surface area (Å²) in [5, 5.41) is -0.0126. The Morgan fingerprint density at radius 1 is 1.30 bits per heavy atom. The Balaban J connectivity index is 3.31. The van der Waals surface area contributed by atoms with Crippen LogP contribution in [-0.4, -0.2) is 0 Å². The van der Waals surface area contributed by atoms with E-state index >= 15 is 0 Å². The van der Waals surface area contributed by atoms with Crippen LogP contribution in [-0.2, 0) is 0 Å². The molecule has 0 amide bonds. The normalized spacial score (nSPS) is 10.0. The van der Waals surface area contributed by atoms with Gasteiger partial charge in [-0.3, -0.25) is 0 Å². The largest absolute Gasteiger partial charge is 0.207 e. The third-order valence-corrected chi connectivity index (χ3v) is 1.65. The molecule has 0 bridgehead atoms. The molecule has 0 nitrogen and oxygen atoms in total. The van der Waals surface area contributed by atoms with E-state index in [2.05, 4.69) is 0 Å². The zero-order chi connectivity index (χ0) is 7.72. The molecule has 0 saturated carbocycles. The van der Waals surface area contributed by atoms with Crippen molar-refractivity contribution in [1.82, 2.24) is 0 Å². The predicted octanol–water partition coefficient (Wildman–Crippen LogP) is 2.93. The highest BCUT2D eigenvalue weighted by atomic mass is 35.5. The van der Waals surface area contributed by atoms with Crippen LogP contribution in [0.2, 0.25) is 5.02 Å². The van der Waals surface area contributed by atoms with Crippen LogP contribution < -0.4 is 0 Å². The molecule has 0 fully saturated rings. The molecule has 3 heteroatoms. The standard InChI is InChI=1S/C7H5ClF2/c1-4-2-5(9)3-6(10)7(4)8/h2-3H,1H3. The van der Waals surface area contributed by atoms with Crippen LogP contribution in [0.5, 0.6) is 0 Å². The molecule has 0 heterocycles. The molecule has 0 unspecified atom stereocenters. The molecule has 0 aliphatic rings. The molecule has 10 heavy (non-hydrogen) atoms. The van der Waals surface area contributed by atoms with Crippen molar-refractivity contribution in [3.63, 3.8) is 0 Å². The first kappa shape index (κ1) is 7.48. The van der Waals surface area contributed by atoms with Gasteiger partial charge < -0.3 is 0 Å². The summed E-state index contributed by atoms with van der Waals surface area (Å²) < 4.78 is 24.8. The van der Waals surface area contributed by atoms with Crippen molar-refractivity contribution in [1.29, 1.82) is 0 Å². The minimum absolute atomic E-state index is 0.0126. The van der Waals surface area contributed by atoms with Gasteiger partial charge in [0.2, 0.25) is 0 Å². The second kappa shape index (κ2) is 2.54. The molecule has 0 radical (unpaired) electrons. The lowest BCUT2D eigenvalue weighted by Gasteiger charge is -1.97. The highest BCUT2D eigenvalue weighted by molar-refractivity contribution is 6.31. The summed E-state index contributed by atoms with van der Waals surface area (Å²) in [6.07, 6.45) is 0. The Morgan fingerprint density at radius 3 is 2.40 bits per heavy atom. The first-order chi connectivity index (χ1) is 4.61. The van der Waals surface area contributed by atoms with Crippen molar-refractivity contribution >= 4 is 11.6 Å². The van der Waals surface area contributed by atoms with Gasteiger partial charge in [0.1, 0.15) is 11.6 Å². The van der Waals surface area contributed by atoms with Crippen LogP contribution in [0.3, 0.4) is 0 Å². The van der Waals surface area contributed by atoms with Crippen LogP contribution in [0, 0.1) is 18.6 Å². The van der Waals surface area contributed by atoms with E-state index in [1.807, 2.05) is 0 Å². The van der Waals surface area contributed by atoms with E-state index in [9.17, 15) is 8.78 Å². The molecular formula is C7H5ClF2. The van der Waals surface area contributed by atoms with Crippen LogP contribution in [0.1, 0.15) is 5.56 Å². The SMILES string of the molecule is Cc1cc(F)cc(F)c1Cl. The molecule has 0 aromatic heterocycles. The van der Waals surface area contributed by atoms with Crippen LogP contribution in [0.15, 0.2) is 12.1 Å². The van der Waals surface area contributed by atoms with Crippen molar-refractivity contribution in [3.05, 3.63) is 34.4 Å².